The molecule has 4 nitrogen and oxygen atoms in total. The number of rotatable bonds is 4. The first-order chi connectivity index (χ1) is 6.09. The zero-order chi connectivity index (χ0) is 9.90. The standard InChI is InChI=1S/C8H17O4P/c1-4-7-8(5-6-11-7)12-13(3,9)10-2/h7-8H,4-6H2,1-3H3. The van der Waals surface area contributed by atoms with Gasteiger partial charge in [-0.3, -0.25) is 4.57 Å². The van der Waals surface area contributed by atoms with Gasteiger partial charge < -0.3 is 13.8 Å². The topological polar surface area (TPSA) is 44.8 Å². The molecule has 1 aliphatic rings. The van der Waals surface area contributed by atoms with Crippen molar-refractivity contribution in [2.45, 2.75) is 32.0 Å². The molecular formula is C8H17O4P. The van der Waals surface area contributed by atoms with Gasteiger partial charge >= 0.3 is 7.60 Å². The molecule has 0 aromatic rings. The van der Waals surface area contributed by atoms with Crippen LogP contribution in [0.2, 0.25) is 0 Å². The summed E-state index contributed by atoms with van der Waals surface area (Å²) in [5, 5.41) is 0. The first-order valence-electron chi connectivity index (χ1n) is 4.52. The lowest BCUT2D eigenvalue weighted by Crippen LogP contribution is -2.22. The van der Waals surface area contributed by atoms with Gasteiger partial charge in [-0.15, -0.1) is 0 Å². The van der Waals surface area contributed by atoms with Crippen LogP contribution in [0.4, 0.5) is 0 Å². The lowest BCUT2D eigenvalue weighted by Gasteiger charge is -2.20. The highest BCUT2D eigenvalue weighted by molar-refractivity contribution is 7.52. The molecule has 0 aromatic carbocycles. The van der Waals surface area contributed by atoms with Gasteiger partial charge in [-0.2, -0.15) is 0 Å². The van der Waals surface area contributed by atoms with E-state index < -0.39 is 7.60 Å². The highest BCUT2D eigenvalue weighted by Crippen LogP contribution is 2.46. The normalized spacial score (nSPS) is 33.2. The average Bonchev–Trinajstić information content (AvgIpc) is 2.51. The van der Waals surface area contributed by atoms with E-state index in [0.29, 0.717) is 6.61 Å². The van der Waals surface area contributed by atoms with Crippen molar-refractivity contribution in [1.82, 2.24) is 0 Å². The molecule has 0 amide bonds. The molecule has 0 aliphatic carbocycles. The van der Waals surface area contributed by atoms with Crippen LogP contribution in [0.1, 0.15) is 19.8 Å². The Morgan fingerprint density at radius 3 is 2.85 bits per heavy atom. The van der Waals surface area contributed by atoms with E-state index in [1.165, 1.54) is 13.8 Å². The molecule has 3 atom stereocenters. The lowest BCUT2D eigenvalue weighted by molar-refractivity contribution is 0.0452. The van der Waals surface area contributed by atoms with Gasteiger partial charge in [-0.05, 0) is 6.42 Å². The van der Waals surface area contributed by atoms with Crippen LogP contribution in [-0.2, 0) is 18.3 Å². The molecule has 5 heteroatoms. The minimum absolute atomic E-state index is 0.0687. The Bertz CT molecular complexity index is 206. The van der Waals surface area contributed by atoms with Gasteiger partial charge in [0.15, 0.2) is 0 Å². The fourth-order valence-corrected chi connectivity index (χ4v) is 2.24. The minimum atomic E-state index is -2.85. The predicted molar refractivity (Wildman–Crippen MR) is 50.1 cm³/mol. The molecule has 13 heavy (non-hydrogen) atoms. The zero-order valence-corrected chi connectivity index (χ0v) is 9.25. The Labute approximate surface area is 79.1 Å². The molecule has 78 valence electrons. The third-order valence-electron chi connectivity index (χ3n) is 2.21. The summed E-state index contributed by atoms with van der Waals surface area (Å²) in [6, 6.07) is 0. The molecule has 1 aliphatic heterocycles. The molecule has 0 bridgehead atoms. The maximum atomic E-state index is 11.5. The van der Waals surface area contributed by atoms with Gasteiger partial charge in [0.05, 0.1) is 12.2 Å². The summed E-state index contributed by atoms with van der Waals surface area (Å²) in [7, 11) is -1.45. The molecule has 0 aromatic heterocycles. The lowest BCUT2D eigenvalue weighted by atomic mass is 10.1. The summed E-state index contributed by atoms with van der Waals surface area (Å²) in [4.78, 5) is 0. The van der Waals surface area contributed by atoms with Crippen LogP contribution in [0, 0.1) is 0 Å². The fourth-order valence-electron chi connectivity index (χ4n) is 1.42. The molecule has 1 heterocycles. The maximum Gasteiger partial charge on any atom is 0.327 e. The summed E-state index contributed by atoms with van der Waals surface area (Å²) < 4.78 is 27.0. The van der Waals surface area contributed by atoms with Crippen LogP contribution in [-0.4, -0.2) is 32.6 Å². The Balaban J connectivity index is 2.48. The van der Waals surface area contributed by atoms with E-state index in [4.69, 9.17) is 13.8 Å². The SMILES string of the molecule is CCC1OCCC1OP(C)(=O)OC. The third-order valence-corrected chi connectivity index (χ3v) is 3.53. The van der Waals surface area contributed by atoms with Gasteiger partial charge in [-0.25, -0.2) is 0 Å². The van der Waals surface area contributed by atoms with Crippen LogP contribution in [0.3, 0.4) is 0 Å². The Hall–Kier alpha value is 0.110. The van der Waals surface area contributed by atoms with E-state index in [2.05, 4.69) is 0 Å². The van der Waals surface area contributed by atoms with E-state index in [-0.39, 0.29) is 12.2 Å². The third kappa shape index (κ3) is 3.06. The first-order valence-corrected chi connectivity index (χ1v) is 6.51. The maximum absolute atomic E-state index is 11.5. The van der Waals surface area contributed by atoms with Gasteiger partial charge in [0.2, 0.25) is 0 Å². The minimum Gasteiger partial charge on any atom is -0.375 e. The number of hydrogen-bond donors (Lipinski definition) is 0. The Morgan fingerprint density at radius 1 is 1.62 bits per heavy atom. The van der Waals surface area contributed by atoms with E-state index in [9.17, 15) is 4.57 Å². The van der Waals surface area contributed by atoms with E-state index in [0.717, 1.165) is 12.8 Å². The molecule has 0 radical (unpaired) electrons. The smallest absolute Gasteiger partial charge is 0.327 e. The highest BCUT2D eigenvalue weighted by Gasteiger charge is 2.32. The highest BCUT2D eigenvalue weighted by atomic mass is 31.2. The monoisotopic (exact) mass is 208 g/mol. The molecule has 1 saturated heterocycles. The second-order valence-electron chi connectivity index (χ2n) is 3.20. The predicted octanol–water partition coefficient (Wildman–Crippen LogP) is 2.04. The van der Waals surface area contributed by atoms with Crippen molar-refractivity contribution < 1.29 is 18.3 Å². The van der Waals surface area contributed by atoms with Crippen LogP contribution in [0.25, 0.3) is 0 Å². The van der Waals surface area contributed by atoms with E-state index in [1.807, 2.05) is 6.92 Å². The van der Waals surface area contributed by atoms with Gasteiger partial charge in [-0.1, -0.05) is 6.92 Å². The van der Waals surface area contributed by atoms with Crippen molar-refractivity contribution in [2.75, 3.05) is 20.4 Å². The van der Waals surface area contributed by atoms with Gasteiger partial charge in [0.1, 0.15) is 0 Å². The molecule has 1 rings (SSSR count). The van der Waals surface area contributed by atoms with Crippen molar-refractivity contribution in [3.05, 3.63) is 0 Å². The largest absolute Gasteiger partial charge is 0.375 e. The summed E-state index contributed by atoms with van der Waals surface area (Å²) in [6.45, 7) is 4.20. The second-order valence-corrected chi connectivity index (χ2v) is 5.32. The summed E-state index contributed by atoms with van der Waals surface area (Å²) >= 11 is 0. The second kappa shape index (κ2) is 4.56. The van der Waals surface area contributed by atoms with Gasteiger partial charge in [0.25, 0.3) is 0 Å². The molecule has 0 N–H and O–H groups in total. The van der Waals surface area contributed by atoms with E-state index in [1.54, 1.807) is 0 Å². The number of hydrogen-bond acceptors (Lipinski definition) is 4. The molecule has 1 fully saturated rings. The van der Waals surface area contributed by atoms with Crippen molar-refractivity contribution in [1.29, 1.82) is 0 Å². The Morgan fingerprint density at radius 2 is 2.31 bits per heavy atom. The average molecular weight is 208 g/mol. The van der Waals surface area contributed by atoms with Gasteiger partial charge in [0, 0.05) is 26.8 Å². The van der Waals surface area contributed by atoms with Crippen LogP contribution >= 0.6 is 7.60 Å². The zero-order valence-electron chi connectivity index (χ0n) is 8.36. The molecule has 0 spiro atoms. The van der Waals surface area contributed by atoms with Crippen molar-refractivity contribution in [3.8, 4) is 0 Å². The Kier molecular flexibility index (Phi) is 3.92. The van der Waals surface area contributed by atoms with Crippen LogP contribution in [0.15, 0.2) is 0 Å². The van der Waals surface area contributed by atoms with Crippen molar-refractivity contribution in [2.24, 2.45) is 0 Å². The molecule has 0 saturated carbocycles. The quantitative estimate of drug-likeness (QED) is 0.663. The van der Waals surface area contributed by atoms with E-state index >= 15 is 0 Å². The summed E-state index contributed by atoms with van der Waals surface area (Å²) in [5.74, 6) is 0. The first kappa shape index (κ1) is 11.2. The molecular weight excluding hydrogens is 191 g/mol. The number of ether oxygens (including phenoxy) is 1. The fraction of sp³-hybridized carbons (Fsp3) is 1.00. The summed E-state index contributed by atoms with van der Waals surface area (Å²) in [6.07, 6.45) is 1.69. The van der Waals surface area contributed by atoms with Crippen molar-refractivity contribution in [3.63, 3.8) is 0 Å². The molecule has 3 unspecified atom stereocenters. The summed E-state index contributed by atoms with van der Waals surface area (Å²) in [5.41, 5.74) is 0. The van der Waals surface area contributed by atoms with Crippen molar-refractivity contribution >= 4 is 7.60 Å². The van der Waals surface area contributed by atoms with Crippen LogP contribution < -0.4 is 0 Å². The van der Waals surface area contributed by atoms with Crippen LogP contribution in [0.5, 0.6) is 0 Å².